The maximum absolute atomic E-state index is 13.0. The summed E-state index contributed by atoms with van der Waals surface area (Å²) in [6.45, 7) is 4.56. The number of H-pyrrole nitrogens is 1. The van der Waals surface area contributed by atoms with E-state index >= 15 is 0 Å². The van der Waals surface area contributed by atoms with Gasteiger partial charge in [0.2, 0.25) is 0 Å². The van der Waals surface area contributed by atoms with Crippen LogP contribution in [0.25, 0.3) is 10.2 Å². The average Bonchev–Trinajstić information content (AvgIpc) is 3.16. The normalized spacial score (nSPS) is 16.7. The molecule has 1 aliphatic rings. The molecule has 7 nitrogen and oxygen atoms in total. The molecule has 0 amide bonds. The van der Waals surface area contributed by atoms with Gasteiger partial charge in [-0.3, -0.25) is 9.69 Å². The highest BCUT2D eigenvalue weighted by Crippen LogP contribution is 2.35. The second-order valence-corrected chi connectivity index (χ2v) is 10.6. The molecule has 0 saturated heterocycles. The van der Waals surface area contributed by atoms with Crippen molar-refractivity contribution in [2.75, 3.05) is 33.4 Å². The number of nitrogens with one attached hydrogen (secondary N) is 1. The van der Waals surface area contributed by atoms with Gasteiger partial charge in [-0.15, -0.1) is 11.3 Å². The highest BCUT2D eigenvalue weighted by atomic mass is 35.5. The summed E-state index contributed by atoms with van der Waals surface area (Å²) in [6.07, 6.45) is 3.18. The second-order valence-electron chi connectivity index (χ2n) is 9.04. The number of hydrogen-bond acceptors (Lipinski definition) is 7. The Hall–Kier alpha value is -1.97. The van der Waals surface area contributed by atoms with Gasteiger partial charge in [0.25, 0.3) is 5.56 Å². The number of nitrogens with zero attached hydrogens (tertiary/aromatic N) is 2. The lowest BCUT2D eigenvalue weighted by atomic mass is 9.89. The van der Waals surface area contributed by atoms with E-state index in [-0.39, 0.29) is 12.2 Å². The molecule has 0 aliphatic heterocycles. The summed E-state index contributed by atoms with van der Waals surface area (Å²) in [4.78, 5) is 25.0. The largest absolute Gasteiger partial charge is 0.491 e. The SMILES string of the molecule is COCCCN(Cc1nc2sc3c(c2c(=O)[nH]1)CC[C@H](C)C3)C[C@@H](O)COc1ccc(Cl)cc1. The quantitative estimate of drug-likeness (QED) is 0.382. The summed E-state index contributed by atoms with van der Waals surface area (Å²) in [5, 5.41) is 12.0. The van der Waals surface area contributed by atoms with E-state index in [0.717, 1.165) is 35.9 Å². The topological polar surface area (TPSA) is 87.7 Å². The van der Waals surface area contributed by atoms with Crippen molar-refractivity contribution in [1.82, 2.24) is 14.9 Å². The number of aliphatic hydroxyl groups excluding tert-OH is 1. The van der Waals surface area contributed by atoms with Crippen LogP contribution in [-0.4, -0.2) is 59.5 Å². The van der Waals surface area contributed by atoms with E-state index in [0.29, 0.717) is 48.8 Å². The number of halogens is 1. The summed E-state index contributed by atoms with van der Waals surface area (Å²) in [5.74, 6) is 1.92. The van der Waals surface area contributed by atoms with Crippen LogP contribution in [0.3, 0.4) is 0 Å². The number of fused-ring (bicyclic) bond motifs is 3. The Morgan fingerprint density at radius 3 is 2.91 bits per heavy atom. The summed E-state index contributed by atoms with van der Waals surface area (Å²) in [7, 11) is 1.67. The van der Waals surface area contributed by atoms with E-state index < -0.39 is 6.10 Å². The van der Waals surface area contributed by atoms with Crippen LogP contribution in [0.1, 0.15) is 36.0 Å². The van der Waals surface area contributed by atoms with Crippen molar-refractivity contribution in [3.05, 3.63) is 55.9 Å². The number of aryl methyl sites for hydroxylation is 1. The molecule has 4 rings (SSSR count). The number of ether oxygens (including phenoxy) is 2. The van der Waals surface area contributed by atoms with Gasteiger partial charge in [0.1, 0.15) is 29.1 Å². The number of hydrogen-bond donors (Lipinski definition) is 2. The van der Waals surface area contributed by atoms with Gasteiger partial charge >= 0.3 is 0 Å². The first kappa shape index (κ1) is 25.1. The molecule has 1 aliphatic carbocycles. The molecule has 0 radical (unpaired) electrons. The summed E-state index contributed by atoms with van der Waals surface area (Å²) in [6, 6.07) is 7.05. The molecular formula is C25H32ClN3O4S. The van der Waals surface area contributed by atoms with Gasteiger partial charge in [0.15, 0.2) is 0 Å². The Labute approximate surface area is 208 Å². The van der Waals surface area contributed by atoms with Crippen LogP contribution in [0.15, 0.2) is 29.1 Å². The first-order valence-electron chi connectivity index (χ1n) is 11.7. The van der Waals surface area contributed by atoms with E-state index in [1.807, 2.05) is 0 Å². The van der Waals surface area contributed by atoms with Crippen LogP contribution >= 0.6 is 22.9 Å². The van der Waals surface area contributed by atoms with E-state index in [1.54, 1.807) is 42.7 Å². The van der Waals surface area contributed by atoms with Gasteiger partial charge in [-0.2, -0.15) is 0 Å². The summed E-state index contributed by atoms with van der Waals surface area (Å²) in [5.41, 5.74) is 1.13. The van der Waals surface area contributed by atoms with Gasteiger partial charge in [0.05, 0.1) is 11.9 Å². The lowest BCUT2D eigenvalue weighted by Gasteiger charge is -2.24. The minimum Gasteiger partial charge on any atom is -0.491 e. The Morgan fingerprint density at radius 2 is 2.15 bits per heavy atom. The van der Waals surface area contributed by atoms with E-state index in [2.05, 4.69) is 16.8 Å². The molecule has 0 saturated carbocycles. The number of aromatic amines is 1. The molecule has 2 aromatic heterocycles. The molecule has 34 heavy (non-hydrogen) atoms. The lowest BCUT2D eigenvalue weighted by molar-refractivity contribution is 0.0609. The second kappa shape index (κ2) is 11.6. The third-order valence-corrected chi connectivity index (χ3v) is 7.54. The van der Waals surface area contributed by atoms with Crippen molar-refractivity contribution in [1.29, 1.82) is 0 Å². The Morgan fingerprint density at radius 1 is 1.35 bits per heavy atom. The molecule has 0 spiro atoms. The van der Waals surface area contributed by atoms with Crippen LogP contribution < -0.4 is 10.3 Å². The zero-order valence-corrected chi connectivity index (χ0v) is 21.3. The highest BCUT2D eigenvalue weighted by molar-refractivity contribution is 7.18. The van der Waals surface area contributed by atoms with Gasteiger partial charge < -0.3 is 19.6 Å². The Bertz CT molecular complexity index is 1150. The number of methoxy groups -OCH3 is 1. The molecule has 1 aromatic carbocycles. The van der Waals surface area contributed by atoms with Crippen molar-refractivity contribution < 1.29 is 14.6 Å². The van der Waals surface area contributed by atoms with Gasteiger partial charge in [-0.1, -0.05) is 18.5 Å². The van der Waals surface area contributed by atoms with Gasteiger partial charge in [-0.05, 0) is 61.4 Å². The van der Waals surface area contributed by atoms with Gasteiger partial charge in [-0.25, -0.2) is 4.98 Å². The number of benzene rings is 1. The predicted molar refractivity (Wildman–Crippen MR) is 136 cm³/mol. The van der Waals surface area contributed by atoms with Crippen molar-refractivity contribution in [3.63, 3.8) is 0 Å². The zero-order valence-electron chi connectivity index (χ0n) is 19.7. The highest BCUT2D eigenvalue weighted by Gasteiger charge is 2.23. The van der Waals surface area contributed by atoms with Crippen molar-refractivity contribution in [2.24, 2.45) is 5.92 Å². The molecule has 2 N–H and O–H groups in total. The van der Waals surface area contributed by atoms with Crippen molar-refractivity contribution >= 4 is 33.2 Å². The fourth-order valence-corrected chi connectivity index (χ4v) is 5.95. The van der Waals surface area contributed by atoms with E-state index in [9.17, 15) is 9.90 Å². The summed E-state index contributed by atoms with van der Waals surface area (Å²) >= 11 is 7.56. The monoisotopic (exact) mass is 505 g/mol. The lowest BCUT2D eigenvalue weighted by Crippen LogP contribution is -2.37. The fraction of sp³-hybridized carbons (Fsp3) is 0.520. The third kappa shape index (κ3) is 6.37. The van der Waals surface area contributed by atoms with Crippen molar-refractivity contribution in [2.45, 2.75) is 45.3 Å². The molecule has 0 fully saturated rings. The number of aromatic nitrogens is 2. The number of thiophene rings is 1. The van der Waals surface area contributed by atoms with Crippen LogP contribution in [0.4, 0.5) is 0 Å². The average molecular weight is 506 g/mol. The molecule has 3 aromatic rings. The third-order valence-electron chi connectivity index (χ3n) is 6.14. The van der Waals surface area contributed by atoms with E-state index in [1.165, 1.54) is 10.4 Å². The standard InChI is InChI=1S/C25H32ClN3O4S/c1-16-4-9-20-21(12-16)34-25-23(20)24(31)27-22(28-25)14-29(10-3-11-32-2)13-18(30)15-33-19-7-5-17(26)6-8-19/h5-8,16,18,30H,3-4,9-15H2,1-2H3,(H,27,28,31)/t16-,18+/m0/s1. The smallest absolute Gasteiger partial charge is 0.259 e. The molecule has 0 unspecified atom stereocenters. The zero-order chi connectivity index (χ0) is 24.1. The van der Waals surface area contributed by atoms with Crippen LogP contribution in [-0.2, 0) is 24.1 Å². The Kier molecular flexibility index (Phi) is 8.60. The molecule has 184 valence electrons. The molecule has 2 heterocycles. The first-order chi connectivity index (χ1) is 16.4. The minimum atomic E-state index is -0.704. The van der Waals surface area contributed by atoms with Crippen LogP contribution in [0.2, 0.25) is 5.02 Å². The Balaban J connectivity index is 1.45. The fourth-order valence-electron chi connectivity index (χ4n) is 4.42. The summed E-state index contributed by atoms with van der Waals surface area (Å²) < 4.78 is 10.9. The van der Waals surface area contributed by atoms with Crippen molar-refractivity contribution in [3.8, 4) is 5.75 Å². The van der Waals surface area contributed by atoms with Crippen LogP contribution in [0, 0.1) is 5.92 Å². The number of aliphatic hydroxyl groups is 1. The van der Waals surface area contributed by atoms with Gasteiger partial charge in [0, 0.05) is 36.7 Å². The number of rotatable bonds is 11. The maximum Gasteiger partial charge on any atom is 0.259 e. The minimum absolute atomic E-state index is 0.0597. The first-order valence-corrected chi connectivity index (χ1v) is 12.9. The predicted octanol–water partition coefficient (Wildman–Crippen LogP) is 4.04. The molecule has 9 heteroatoms. The molecule has 0 bridgehead atoms. The maximum atomic E-state index is 13.0. The molecular weight excluding hydrogens is 474 g/mol. The van der Waals surface area contributed by atoms with Crippen LogP contribution in [0.5, 0.6) is 5.75 Å². The molecule has 2 atom stereocenters. The van der Waals surface area contributed by atoms with E-state index in [4.69, 9.17) is 26.1 Å².